The van der Waals surface area contributed by atoms with Gasteiger partial charge >= 0.3 is 7.29 Å². The quantitative estimate of drug-likeness (QED) is 0.476. The minimum absolute atomic E-state index is 0.892. The highest BCUT2D eigenvalue weighted by molar-refractivity contribution is 14.2. The zero-order chi connectivity index (χ0) is 7.71. The van der Waals surface area contributed by atoms with Gasteiger partial charge in [0.2, 0.25) is 0 Å². The minimum atomic E-state index is -3.87. The first-order valence-electron chi connectivity index (χ1n) is 2.36. The lowest BCUT2D eigenvalue weighted by atomic mass is 11.8. The molecule has 0 aromatic carbocycles. The molecular formula is CH3IO3S. The maximum Gasteiger partial charge on any atom is 0.321 e. The Labute approximate surface area is 52.6 Å². The molecule has 0 fully saturated rings. The molecule has 0 atom stereocenters. The molecule has 0 aromatic heterocycles. The molecule has 0 bridgehead atoms. The van der Waals surface area contributed by atoms with Crippen LogP contribution in [-0.4, -0.2) is 15.5 Å². The van der Waals surface area contributed by atoms with Crippen LogP contribution in [0.3, 0.4) is 0 Å². The molecule has 38 valence electrons. The van der Waals surface area contributed by atoms with Crippen molar-refractivity contribution in [2.45, 2.75) is 0 Å². The van der Waals surface area contributed by atoms with E-state index in [2.05, 4.69) is 4.18 Å². The summed E-state index contributed by atoms with van der Waals surface area (Å²) in [6.07, 6.45) is 0. The van der Waals surface area contributed by atoms with Crippen LogP contribution in [0.4, 0.5) is 0 Å². The fourth-order valence-corrected chi connectivity index (χ4v) is 0. The van der Waals surface area contributed by atoms with Gasteiger partial charge < -0.3 is 0 Å². The van der Waals surface area contributed by atoms with Crippen LogP contribution in [0.5, 0.6) is 0 Å². The summed E-state index contributed by atoms with van der Waals surface area (Å²) in [5.74, 6) is 0. The van der Waals surface area contributed by atoms with E-state index in [1.54, 1.807) is 0 Å². The van der Waals surface area contributed by atoms with Crippen LogP contribution in [0.15, 0.2) is 0 Å². The summed E-state index contributed by atoms with van der Waals surface area (Å²) in [6, 6.07) is 0. The van der Waals surface area contributed by atoms with Crippen molar-refractivity contribution in [2.24, 2.45) is 0 Å². The Morgan fingerprint density at radius 1 is 2.00 bits per heavy atom. The molecule has 0 saturated heterocycles. The predicted octanol–water partition coefficient (Wildman–Crippen LogP) is 0.313. The van der Waals surface area contributed by atoms with Crippen LogP contribution in [0.25, 0.3) is 0 Å². The number of hydrogen-bond acceptors (Lipinski definition) is 3. The highest BCUT2D eigenvalue weighted by atomic mass is 127. The van der Waals surface area contributed by atoms with Crippen LogP contribution in [0.1, 0.15) is 4.11 Å². The van der Waals surface area contributed by atoms with E-state index in [9.17, 15) is 8.42 Å². The second-order valence-corrected chi connectivity index (χ2v) is 4.67. The fourth-order valence-electron chi connectivity index (χ4n) is 0. The first-order chi connectivity index (χ1) is 3.71. The molecule has 0 aliphatic heterocycles. The van der Waals surface area contributed by atoms with Gasteiger partial charge in [-0.05, 0) is 0 Å². The van der Waals surface area contributed by atoms with Gasteiger partial charge in [0.05, 0.1) is 11.2 Å². The Morgan fingerprint density at radius 3 is 2.50 bits per heavy atom. The molecule has 0 unspecified atom stereocenters. The smallest absolute Gasteiger partial charge is 0.266 e. The monoisotopic (exact) mass is 225 g/mol. The highest BCUT2D eigenvalue weighted by Crippen LogP contribution is 1.98. The van der Waals surface area contributed by atoms with Gasteiger partial charge in [0, 0.05) is 0 Å². The normalized spacial score (nSPS) is 21.2. The van der Waals surface area contributed by atoms with Gasteiger partial charge in [-0.25, -0.2) is 0 Å². The average molecular weight is 225 g/mol. The van der Waals surface area contributed by atoms with Crippen molar-refractivity contribution in [1.82, 2.24) is 0 Å². The van der Waals surface area contributed by atoms with Crippen LogP contribution in [0, 0.1) is 0 Å². The summed E-state index contributed by atoms with van der Waals surface area (Å²) in [5, 5.41) is 0. The van der Waals surface area contributed by atoms with Gasteiger partial charge in [0.1, 0.15) is 21.2 Å². The second kappa shape index (κ2) is 2.08. The Bertz CT molecular complexity index is 180. The summed E-state index contributed by atoms with van der Waals surface area (Å²) >= 11 is 0.892. The summed E-state index contributed by atoms with van der Waals surface area (Å²) in [6.45, 7) is 0. The molecule has 0 heterocycles. The lowest BCUT2D eigenvalue weighted by Crippen LogP contribution is -1.86. The highest BCUT2D eigenvalue weighted by Gasteiger charge is 1.94. The van der Waals surface area contributed by atoms with E-state index in [1.807, 2.05) is 0 Å². The van der Waals surface area contributed by atoms with Crippen LogP contribution in [-0.2, 0) is 11.5 Å². The van der Waals surface area contributed by atoms with Gasteiger partial charge in [-0.1, -0.05) is 0 Å². The molecule has 0 aliphatic rings. The Morgan fingerprint density at radius 2 is 2.50 bits per heavy atom. The second-order valence-electron chi connectivity index (χ2n) is 0.476. The van der Waals surface area contributed by atoms with E-state index in [0.29, 0.717) is 0 Å². The maximum atomic E-state index is 10.1. The van der Waals surface area contributed by atoms with Gasteiger partial charge in [-0.3, -0.25) is 4.18 Å². The molecule has 0 radical (unpaired) electrons. The van der Waals surface area contributed by atoms with Crippen LogP contribution >= 0.6 is 21.2 Å². The van der Waals surface area contributed by atoms with Crippen molar-refractivity contribution in [3.05, 3.63) is 0 Å². The Hall–Kier alpha value is 0.640. The zero-order valence-electron chi connectivity index (χ0n) is 5.51. The molecule has 6 heavy (non-hydrogen) atoms. The van der Waals surface area contributed by atoms with Gasteiger partial charge in [0.15, 0.2) is 0 Å². The summed E-state index contributed by atoms with van der Waals surface area (Å²) in [5.41, 5.74) is 0. The third kappa shape index (κ3) is 4.64. The Kier molecular flexibility index (Phi) is 0.981. The number of hydrogen-bond donors (Lipinski definition) is 0. The molecule has 0 aliphatic carbocycles. The van der Waals surface area contributed by atoms with Gasteiger partial charge in [0.25, 0.3) is 0 Å². The first-order valence-corrected chi connectivity index (χ1v) is 4.81. The molecular weight excluding hydrogens is 219 g/mol. The van der Waals surface area contributed by atoms with Crippen molar-refractivity contribution >= 4 is 28.5 Å². The van der Waals surface area contributed by atoms with Crippen molar-refractivity contribution in [3.8, 4) is 0 Å². The summed E-state index contributed by atoms with van der Waals surface area (Å²) in [4.78, 5) is 0. The molecule has 0 saturated carbocycles. The van der Waals surface area contributed by atoms with Crippen molar-refractivity contribution in [3.63, 3.8) is 0 Å². The van der Waals surface area contributed by atoms with Crippen molar-refractivity contribution in [1.29, 1.82) is 0 Å². The molecule has 0 aromatic rings. The lowest BCUT2D eigenvalue weighted by molar-refractivity contribution is 0.416. The zero-order valence-corrected chi connectivity index (χ0v) is 5.48. The average Bonchev–Trinajstić information content (AvgIpc) is 1.14. The van der Waals surface area contributed by atoms with E-state index in [0.717, 1.165) is 21.2 Å². The van der Waals surface area contributed by atoms with E-state index < -0.39 is 14.3 Å². The van der Waals surface area contributed by atoms with Crippen molar-refractivity contribution in [2.75, 3.05) is 7.04 Å². The van der Waals surface area contributed by atoms with E-state index in [-0.39, 0.29) is 0 Å². The molecule has 5 heteroatoms. The van der Waals surface area contributed by atoms with Crippen molar-refractivity contribution < 1.29 is 16.7 Å². The summed E-state index contributed by atoms with van der Waals surface area (Å²) in [7, 11) is -6.74. The largest absolute Gasteiger partial charge is 0.321 e. The summed E-state index contributed by atoms with van der Waals surface area (Å²) < 4.78 is 42.6. The number of halogens is 1. The molecule has 0 spiro atoms. The van der Waals surface area contributed by atoms with E-state index in [1.165, 1.54) is 0 Å². The minimum Gasteiger partial charge on any atom is -0.266 e. The first kappa shape index (κ1) is 2.83. The topological polar surface area (TPSA) is 43.4 Å². The van der Waals surface area contributed by atoms with Crippen LogP contribution in [0.2, 0.25) is 0 Å². The predicted molar refractivity (Wildman–Crippen MR) is 29.9 cm³/mol. The molecule has 0 amide bonds. The van der Waals surface area contributed by atoms with Gasteiger partial charge in [-0.15, -0.1) is 0 Å². The molecule has 0 N–H and O–H groups in total. The SMILES string of the molecule is [2H]C([2H])([2H])OS(=O)(=O)I. The Balaban J connectivity index is 4.07. The van der Waals surface area contributed by atoms with Crippen LogP contribution < -0.4 is 0 Å². The molecule has 3 nitrogen and oxygen atoms in total. The molecule has 0 rings (SSSR count). The van der Waals surface area contributed by atoms with E-state index >= 15 is 0 Å². The third-order valence-corrected chi connectivity index (χ3v) is 0.838. The lowest BCUT2D eigenvalue weighted by Gasteiger charge is -1.81. The van der Waals surface area contributed by atoms with Gasteiger partial charge in [-0.2, -0.15) is 8.42 Å². The van der Waals surface area contributed by atoms with E-state index in [4.69, 9.17) is 4.11 Å². The fraction of sp³-hybridized carbons (Fsp3) is 1.00. The third-order valence-electron chi connectivity index (χ3n) is 0.0995. The number of rotatable bonds is 1. The standard InChI is InChI=1S/CH3IO3S/c1-5-6(2,3)4/h1H3/i1D3. The maximum absolute atomic E-state index is 10.1.